The number of nitrogens with zero attached hydrogens (tertiary/aromatic N) is 1. The standard InChI is InChI=1S/C15H19NO3/c1-4-16-12(7-10(2)15(17)18)8-11-9-13(19-3)5-6-14(11)16/h5-6,8-10H,4,7H2,1-3H3,(H,17,18). The molecule has 102 valence electrons. The van der Waals surface area contributed by atoms with Gasteiger partial charge in [-0.3, -0.25) is 4.79 Å². The van der Waals surface area contributed by atoms with Crippen molar-refractivity contribution in [3.63, 3.8) is 0 Å². The van der Waals surface area contributed by atoms with Crippen LogP contribution in [0.15, 0.2) is 24.3 Å². The first-order valence-corrected chi connectivity index (χ1v) is 6.45. The van der Waals surface area contributed by atoms with Gasteiger partial charge in [-0.05, 0) is 31.2 Å². The molecule has 1 heterocycles. The largest absolute Gasteiger partial charge is 0.497 e. The third kappa shape index (κ3) is 2.57. The highest BCUT2D eigenvalue weighted by Crippen LogP contribution is 2.26. The number of fused-ring (bicyclic) bond motifs is 1. The molecule has 0 bridgehead atoms. The molecule has 1 unspecified atom stereocenters. The molecular weight excluding hydrogens is 242 g/mol. The highest BCUT2D eigenvalue weighted by Gasteiger charge is 2.16. The Labute approximate surface area is 112 Å². The molecule has 2 aromatic rings. The number of hydrogen-bond acceptors (Lipinski definition) is 2. The average molecular weight is 261 g/mol. The zero-order chi connectivity index (χ0) is 14.0. The Kier molecular flexibility index (Phi) is 3.79. The van der Waals surface area contributed by atoms with E-state index in [0.29, 0.717) is 6.42 Å². The Morgan fingerprint density at radius 2 is 2.16 bits per heavy atom. The van der Waals surface area contributed by atoms with E-state index in [1.165, 1.54) is 0 Å². The van der Waals surface area contributed by atoms with Crippen LogP contribution in [0.3, 0.4) is 0 Å². The molecule has 0 aliphatic rings. The summed E-state index contributed by atoms with van der Waals surface area (Å²) in [5.74, 6) is -0.319. The zero-order valence-electron chi connectivity index (χ0n) is 11.5. The average Bonchev–Trinajstić information content (AvgIpc) is 2.74. The van der Waals surface area contributed by atoms with Crippen LogP contribution in [0.5, 0.6) is 5.75 Å². The molecule has 0 radical (unpaired) electrons. The van der Waals surface area contributed by atoms with E-state index in [9.17, 15) is 4.79 Å². The number of carboxylic acid groups (broad SMARTS) is 1. The number of carbonyl (C=O) groups is 1. The minimum atomic E-state index is -0.759. The summed E-state index contributed by atoms with van der Waals surface area (Å²) in [5, 5.41) is 10.1. The Morgan fingerprint density at radius 3 is 2.74 bits per heavy atom. The first-order valence-electron chi connectivity index (χ1n) is 6.45. The Bertz CT molecular complexity index is 601. The predicted octanol–water partition coefficient (Wildman–Crippen LogP) is 2.93. The zero-order valence-corrected chi connectivity index (χ0v) is 11.5. The van der Waals surface area contributed by atoms with Crippen LogP contribution >= 0.6 is 0 Å². The van der Waals surface area contributed by atoms with Crippen LogP contribution in [0.1, 0.15) is 19.5 Å². The number of aryl methyl sites for hydroxylation is 1. The molecule has 0 aliphatic carbocycles. The van der Waals surface area contributed by atoms with Gasteiger partial charge in [-0.1, -0.05) is 6.92 Å². The lowest BCUT2D eigenvalue weighted by Gasteiger charge is -2.10. The summed E-state index contributed by atoms with van der Waals surface area (Å²) in [5.41, 5.74) is 2.18. The lowest BCUT2D eigenvalue weighted by atomic mass is 10.1. The third-order valence-corrected chi connectivity index (χ3v) is 3.45. The van der Waals surface area contributed by atoms with Crippen LogP contribution in [-0.2, 0) is 17.8 Å². The van der Waals surface area contributed by atoms with Gasteiger partial charge in [-0.15, -0.1) is 0 Å². The molecule has 0 saturated heterocycles. The van der Waals surface area contributed by atoms with Crippen LogP contribution in [0.4, 0.5) is 0 Å². The van der Waals surface area contributed by atoms with Gasteiger partial charge < -0.3 is 14.4 Å². The van der Waals surface area contributed by atoms with Crippen molar-refractivity contribution in [2.75, 3.05) is 7.11 Å². The second kappa shape index (κ2) is 5.34. The topological polar surface area (TPSA) is 51.5 Å². The molecule has 0 fully saturated rings. The monoisotopic (exact) mass is 261 g/mol. The molecule has 0 spiro atoms. The number of rotatable bonds is 5. The number of ether oxygens (including phenoxy) is 1. The van der Waals surface area contributed by atoms with Gasteiger partial charge in [0.15, 0.2) is 0 Å². The maximum absolute atomic E-state index is 11.0. The Morgan fingerprint density at radius 1 is 1.42 bits per heavy atom. The normalized spacial score (nSPS) is 12.6. The lowest BCUT2D eigenvalue weighted by molar-refractivity contribution is -0.141. The highest BCUT2D eigenvalue weighted by molar-refractivity contribution is 5.83. The molecule has 0 aliphatic heterocycles. The fourth-order valence-electron chi connectivity index (χ4n) is 2.38. The quantitative estimate of drug-likeness (QED) is 0.900. The van der Waals surface area contributed by atoms with Crippen molar-refractivity contribution in [3.05, 3.63) is 30.0 Å². The molecule has 1 atom stereocenters. The Hall–Kier alpha value is -1.97. The van der Waals surface area contributed by atoms with E-state index in [4.69, 9.17) is 9.84 Å². The first-order chi connectivity index (χ1) is 9.06. The molecule has 4 heteroatoms. The van der Waals surface area contributed by atoms with E-state index in [-0.39, 0.29) is 5.92 Å². The molecular formula is C15H19NO3. The van der Waals surface area contributed by atoms with Crippen molar-refractivity contribution < 1.29 is 14.6 Å². The van der Waals surface area contributed by atoms with Crippen molar-refractivity contribution in [1.29, 1.82) is 0 Å². The number of aliphatic carboxylic acids is 1. The molecule has 1 aromatic heterocycles. The second-order valence-corrected chi connectivity index (χ2v) is 4.75. The summed E-state index contributed by atoms with van der Waals surface area (Å²) in [6.07, 6.45) is 0.542. The van der Waals surface area contributed by atoms with Gasteiger partial charge in [0.05, 0.1) is 13.0 Å². The van der Waals surface area contributed by atoms with E-state index in [1.807, 2.05) is 18.2 Å². The van der Waals surface area contributed by atoms with Crippen LogP contribution in [0.2, 0.25) is 0 Å². The van der Waals surface area contributed by atoms with Gasteiger partial charge >= 0.3 is 5.97 Å². The molecule has 2 rings (SSSR count). The molecule has 0 amide bonds. The minimum Gasteiger partial charge on any atom is -0.497 e. The van der Waals surface area contributed by atoms with Gasteiger partial charge in [0.2, 0.25) is 0 Å². The number of aromatic nitrogens is 1. The number of carboxylic acids is 1. The fraction of sp³-hybridized carbons (Fsp3) is 0.400. The van der Waals surface area contributed by atoms with Crippen molar-refractivity contribution in [2.24, 2.45) is 5.92 Å². The predicted molar refractivity (Wildman–Crippen MR) is 74.7 cm³/mol. The summed E-state index contributed by atoms with van der Waals surface area (Å²) < 4.78 is 7.38. The van der Waals surface area contributed by atoms with Gasteiger partial charge in [0.25, 0.3) is 0 Å². The molecule has 4 nitrogen and oxygen atoms in total. The molecule has 1 N–H and O–H groups in total. The van der Waals surface area contributed by atoms with Gasteiger partial charge in [-0.2, -0.15) is 0 Å². The molecule has 0 saturated carbocycles. The number of benzene rings is 1. The van der Waals surface area contributed by atoms with E-state index in [0.717, 1.165) is 28.9 Å². The highest BCUT2D eigenvalue weighted by atomic mass is 16.5. The second-order valence-electron chi connectivity index (χ2n) is 4.75. The van der Waals surface area contributed by atoms with Crippen LogP contribution < -0.4 is 4.74 Å². The van der Waals surface area contributed by atoms with E-state index < -0.39 is 5.97 Å². The lowest BCUT2D eigenvalue weighted by Crippen LogP contribution is -2.14. The SMILES string of the molecule is CCn1c(CC(C)C(=O)O)cc2cc(OC)ccc21. The van der Waals surface area contributed by atoms with Gasteiger partial charge in [-0.25, -0.2) is 0 Å². The Balaban J connectivity index is 2.45. The third-order valence-electron chi connectivity index (χ3n) is 3.45. The summed E-state index contributed by atoms with van der Waals surface area (Å²) in [6.45, 7) is 4.64. The van der Waals surface area contributed by atoms with E-state index >= 15 is 0 Å². The van der Waals surface area contributed by atoms with Gasteiger partial charge in [0, 0.05) is 29.6 Å². The van der Waals surface area contributed by atoms with Crippen molar-refractivity contribution >= 4 is 16.9 Å². The van der Waals surface area contributed by atoms with Crippen molar-refractivity contribution in [2.45, 2.75) is 26.8 Å². The maximum Gasteiger partial charge on any atom is 0.306 e. The van der Waals surface area contributed by atoms with Crippen LogP contribution in [-0.4, -0.2) is 22.8 Å². The summed E-state index contributed by atoms with van der Waals surface area (Å²) >= 11 is 0. The van der Waals surface area contributed by atoms with Crippen molar-refractivity contribution in [3.8, 4) is 5.75 Å². The summed E-state index contributed by atoms with van der Waals surface area (Å²) in [6, 6.07) is 7.99. The van der Waals surface area contributed by atoms with E-state index in [2.05, 4.69) is 17.6 Å². The fourth-order valence-corrected chi connectivity index (χ4v) is 2.38. The minimum absolute atomic E-state index is 0.378. The summed E-state index contributed by atoms with van der Waals surface area (Å²) in [7, 11) is 1.64. The number of methoxy groups -OCH3 is 1. The molecule has 19 heavy (non-hydrogen) atoms. The van der Waals surface area contributed by atoms with Crippen LogP contribution in [0.25, 0.3) is 10.9 Å². The maximum atomic E-state index is 11.0. The first kappa shape index (κ1) is 13.5. The van der Waals surface area contributed by atoms with Crippen LogP contribution in [0, 0.1) is 5.92 Å². The van der Waals surface area contributed by atoms with E-state index in [1.54, 1.807) is 14.0 Å². The van der Waals surface area contributed by atoms with Gasteiger partial charge in [0.1, 0.15) is 5.75 Å². The summed E-state index contributed by atoms with van der Waals surface area (Å²) in [4.78, 5) is 11.0. The van der Waals surface area contributed by atoms with Crippen molar-refractivity contribution in [1.82, 2.24) is 4.57 Å². The smallest absolute Gasteiger partial charge is 0.306 e. The molecule has 1 aromatic carbocycles. The number of hydrogen-bond donors (Lipinski definition) is 1.